The maximum atomic E-state index is 11.9. The summed E-state index contributed by atoms with van der Waals surface area (Å²) in [5.41, 5.74) is 1.26. The molecule has 0 amide bonds. The van der Waals surface area contributed by atoms with Gasteiger partial charge in [0, 0.05) is 11.6 Å². The molecule has 0 radical (unpaired) electrons. The van der Waals surface area contributed by atoms with Gasteiger partial charge in [-0.3, -0.25) is 4.79 Å². The first-order valence-electron chi connectivity index (χ1n) is 9.92. The third kappa shape index (κ3) is 7.91. The number of carbonyl (C=O) groups is 2. The van der Waals surface area contributed by atoms with Crippen LogP contribution >= 0.6 is 0 Å². The van der Waals surface area contributed by atoms with E-state index in [9.17, 15) is 9.59 Å². The maximum Gasteiger partial charge on any atom is 0.344 e. The largest absolute Gasteiger partial charge is 0.494 e. The van der Waals surface area contributed by atoms with Crippen molar-refractivity contribution in [2.24, 2.45) is 7.05 Å². The lowest BCUT2D eigenvalue weighted by Gasteiger charge is -2.07. The van der Waals surface area contributed by atoms with Gasteiger partial charge in [-0.05, 0) is 38.0 Å². The Morgan fingerprint density at radius 1 is 0.893 bits per heavy atom. The SMILES string of the molecule is CC(=O)c1cccc(OCCCCCCCCOC(=O)c2ccc[n+](C)c2)c1. The van der Waals surface area contributed by atoms with E-state index in [1.165, 1.54) is 0 Å². The third-order valence-electron chi connectivity index (χ3n) is 4.46. The molecule has 28 heavy (non-hydrogen) atoms. The molecule has 0 spiro atoms. The lowest BCUT2D eigenvalue weighted by atomic mass is 10.1. The molecule has 1 heterocycles. The predicted molar refractivity (Wildman–Crippen MR) is 108 cm³/mol. The summed E-state index contributed by atoms with van der Waals surface area (Å²) in [6.45, 7) is 2.68. The van der Waals surface area contributed by atoms with E-state index in [4.69, 9.17) is 9.47 Å². The number of aromatic nitrogens is 1. The van der Waals surface area contributed by atoms with Crippen LogP contribution in [0, 0.1) is 0 Å². The Kier molecular flexibility index (Phi) is 9.19. The third-order valence-corrected chi connectivity index (χ3v) is 4.46. The molecule has 0 saturated heterocycles. The number of aryl methyl sites for hydroxylation is 1. The minimum Gasteiger partial charge on any atom is -0.494 e. The Labute approximate surface area is 167 Å². The van der Waals surface area contributed by atoms with Crippen LogP contribution in [0.5, 0.6) is 5.75 Å². The maximum absolute atomic E-state index is 11.9. The molecule has 5 nitrogen and oxygen atoms in total. The molecule has 5 heteroatoms. The summed E-state index contributed by atoms with van der Waals surface area (Å²) < 4.78 is 12.8. The monoisotopic (exact) mass is 384 g/mol. The quantitative estimate of drug-likeness (QED) is 0.237. The summed E-state index contributed by atoms with van der Waals surface area (Å²) in [7, 11) is 1.88. The number of ether oxygens (including phenoxy) is 2. The van der Waals surface area contributed by atoms with E-state index in [1.807, 2.05) is 36.0 Å². The van der Waals surface area contributed by atoms with E-state index in [1.54, 1.807) is 31.3 Å². The average molecular weight is 384 g/mol. The first-order valence-corrected chi connectivity index (χ1v) is 9.92. The minimum absolute atomic E-state index is 0.0499. The molecule has 0 saturated carbocycles. The molecule has 0 fully saturated rings. The molecule has 0 atom stereocenters. The van der Waals surface area contributed by atoms with Gasteiger partial charge in [-0.2, -0.15) is 0 Å². The van der Waals surface area contributed by atoms with E-state index in [-0.39, 0.29) is 11.8 Å². The first kappa shape index (κ1) is 21.6. The molecule has 0 N–H and O–H groups in total. The molecule has 0 bridgehead atoms. The summed E-state index contributed by atoms with van der Waals surface area (Å²) >= 11 is 0. The van der Waals surface area contributed by atoms with Crippen LogP contribution in [0.1, 0.15) is 66.2 Å². The highest BCUT2D eigenvalue weighted by Crippen LogP contribution is 2.15. The minimum atomic E-state index is -0.262. The molecular weight excluding hydrogens is 354 g/mol. The smallest absolute Gasteiger partial charge is 0.344 e. The van der Waals surface area contributed by atoms with Gasteiger partial charge in [0.1, 0.15) is 18.4 Å². The fourth-order valence-electron chi connectivity index (χ4n) is 2.86. The van der Waals surface area contributed by atoms with Crippen molar-refractivity contribution in [1.29, 1.82) is 0 Å². The van der Waals surface area contributed by atoms with Crippen molar-refractivity contribution in [1.82, 2.24) is 0 Å². The van der Waals surface area contributed by atoms with Crippen LogP contribution in [0.15, 0.2) is 48.8 Å². The number of unbranched alkanes of at least 4 members (excludes halogenated alkanes) is 5. The molecule has 150 valence electrons. The number of hydrogen-bond donors (Lipinski definition) is 0. The van der Waals surface area contributed by atoms with Crippen LogP contribution in [0.4, 0.5) is 0 Å². The van der Waals surface area contributed by atoms with Gasteiger partial charge in [-0.1, -0.05) is 37.8 Å². The number of pyridine rings is 1. The summed E-state index contributed by atoms with van der Waals surface area (Å²) in [5, 5.41) is 0. The lowest BCUT2D eigenvalue weighted by Crippen LogP contribution is -2.28. The van der Waals surface area contributed by atoms with Gasteiger partial charge >= 0.3 is 5.97 Å². The highest BCUT2D eigenvalue weighted by Gasteiger charge is 2.09. The van der Waals surface area contributed by atoms with Gasteiger partial charge in [0.25, 0.3) is 0 Å². The van der Waals surface area contributed by atoms with Crippen molar-refractivity contribution in [3.05, 3.63) is 59.9 Å². The Morgan fingerprint density at radius 3 is 2.29 bits per heavy atom. The second kappa shape index (κ2) is 11.9. The van der Waals surface area contributed by atoms with E-state index in [2.05, 4.69) is 0 Å². The number of ketones is 1. The average Bonchev–Trinajstić information content (AvgIpc) is 2.69. The van der Waals surface area contributed by atoms with Crippen LogP contribution < -0.4 is 9.30 Å². The number of esters is 1. The molecular formula is C23H30NO4+. The summed E-state index contributed by atoms with van der Waals surface area (Å²) in [4.78, 5) is 23.3. The Morgan fingerprint density at radius 2 is 1.57 bits per heavy atom. The molecule has 0 aliphatic rings. The Balaban J connectivity index is 1.47. The normalized spacial score (nSPS) is 10.5. The Hall–Kier alpha value is -2.69. The van der Waals surface area contributed by atoms with Crippen molar-refractivity contribution < 1.29 is 23.6 Å². The van der Waals surface area contributed by atoms with Gasteiger partial charge in [-0.25, -0.2) is 9.36 Å². The molecule has 0 aliphatic carbocycles. The van der Waals surface area contributed by atoms with E-state index >= 15 is 0 Å². The second-order valence-electron chi connectivity index (χ2n) is 6.95. The predicted octanol–water partition coefficient (Wildman–Crippen LogP) is 4.29. The van der Waals surface area contributed by atoms with E-state index < -0.39 is 0 Å². The summed E-state index contributed by atoms with van der Waals surface area (Å²) in [6.07, 6.45) is 9.94. The zero-order valence-corrected chi connectivity index (χ0v) is 16.9. The standard InChI is InChI=1S/C23H30NO4/c1-19(25)20-11-9-13-22(17-20)27-15-7-5-3-4-6-8-16-28-23(26)21-12-10-14-24(2)18-21/h9-14,17-18H,3-8,15-16H2,1-2H3/q+1. The zero-order valence-electron chi connectivity index (χ0n) is 16.9. The zero-order chi connectivity index (χ0) is 20.2. The van der Waals surface area contributed by atoms with Crippen LogP contribution in [0.3, 0.4) is 0 Å². The molecule has 0 unspecified atom stereocenters. The Bertz CT molecular complexity index is 773. The number of carbonyl (C=O) groups excluding carboxylic acids is 2. The van der Waals surface area contributed by atoms with Crippen LogP contribution in [-0.4, -0.2) is 25.0 Å². The fraction of sp³-hybridized carbons (Fsp3) is 0.435. The second-order valence-corrected chi connectivity index (χ2v) is 6.95. The number of hydrogen-bond acceptors (Lipinski definition) is 4. The van der Waals surface area contributed by atoms with Crippen molar-refractivity contribution in [2.75, 3.05) is 13.2 Å². The number of benzene rings is 1. The van der Waals surface area contributed by atoms with Gasteiger partial charge < -0.3 is 9.47 Å². The number of Topliss-reactive ketones (excluding diaryl/α,β-unsaturated/α-hetero) is 1. The molecule has 2 rings (SSSR count). The highest BCUT2D eigenvalue weighted by atomic mass is 16.5. The molecule has 0 aliphatic heterocycles. The molecule has 1 aromatic heterocycles. The highest BCUT2D eigenvalue weighted by molar-refractivity contribution is 5.94. The van der Waals surface area contributed by atoms with Gasteiger partial charge in [0.15, 0.2) is 18.2 Å². The van der Waals surface area contributed by atoms with Crippen LogP contribution in [0.25, 0.3) is 0 Å². The van der Waals surface area contributed by atoms with Crippen molar-refractivity contribution in [2.45, 2.75) is 45.4 Å². The van der Waals surface area contributed by atoms with Gasteiger partial charge in [0.2, 0.25) is 0 Å². The molecule has 1 aromatic carbocycles. The number of nitrogens with zero attached hydrogens (tertiary/aromatic N) is 1. The van der Waals surface area contributed by atoms with Gasteiger partial charge in [-0.15, -0.1) is 0 Å². The fourth-order valence-corrected chi connectivity index (χ4v) is 2.86. The van der Waals surface area contributed by atoms with E-state index in [0.717, 1.165) is 44.3 Å². The van der Waals surface area contributed by atoms with Crippen molar-refractivity contribution in [3.8, 4) is 5.75 Å². The lowest BCUT2D eigenvalue weighted by molar-refractivity contribution is -0.671. The van der Waals surface area contributed by atoms with Gasteiger partial charge in [0.05, 0.1) is 13.2 Å². The van der Waals surface area contributed by atoms with E-state index in [0.29, 0.717) is 24.3 Å². The first-order chi connectivity index (χ1) is 13.6. The summed E-state index contributed by atoms with van der Waals surface area (Å²) in [6, 6.07) is 10.9. The molecule has 2 aromatic rings. The van der Waals surface area contributed by atoms with Crippen LogP contribution in [0.2, 0.25) is 0 Å². The van der Waals surface area contributed by atoms with Crippen molar-refractivity contribution in [3.63, 3.8) is 0 Å². The van der Waals surface area contributed by atoms with Crippen molar-refractivity contribution >= 4 is 11.8 Å². The van der Waals surface area contributed by atoms with Crippen LogP contribution in [-0.2, 0) is 11.8 Å². The summed E-state index contributed by atoms with van der Waals surface area (Å²) in [5.74, 6) is 0.539. The topological polar surface area (TPSA) is 56.5 Å². The number of rotatable bonds is 12.